The Morgan fingerprint density at radius 1 is 1.15 bits per heavy atom. The molecule has 222 valence electrons. The number of aromatic nitrogens is 1. The molecule has 10 nitrogen and oxygen atoms in total. The second kappa shape index (κ2) is 12.9. The quantitative estimate of drug-likeness (QED) is 0.387. The summed E-state index contributed by atoms with van der Waals surface area (Å²) < 4.78 is 17.3. The second-order valence-corrected chi connectivity index (χ2v) is 11.6. The predicted octanol–water partition coefficient (Wildman–Crippen LogP) is 5.28. The van der Waals surface area contributed by atoms with Crippen LogP contribution in [0.25, 0.3) is 0 Å². The average molecular weight is 566 g/mol. The molecule has 1 atom stereocenters. The largest absolute Gasteiger partial charge is 0.467 e. The van der Waals surface area contributed by atoms with E-state index in [1.54, 1.807) is 11.1 Å². The molecule has 0 radical (unpaired) electrons. The van der Waals surface area contributed by atoms with Crippen LogP contribution in [0.15, 0.2) is 47.6 Å². The lowest BCUT2D eigenvalue weighted by atomic mass is 9.84. The van der Waals surface area contributed by atoms with Gasteiger partial charge in [0.15, 0.2) is 12.0 Å². The first-order valence-electron chi connectivity index (χ1n) is 14.5. The molecule has 0 saturated heterocycles. The van der Waals surface area contributed by atoms with Crippen LogP contribution in [0.1, 0.15) is 78.2 Å². The maximum absolute atomic E-state index is 14.0. The summed E-state index contributed by atoms with van der Waals surface area (Å²) in [7, 11) is 1.34. The molecule has 2 N–H and O–H groups in total. The Hall–Kier alpha value is -3.66. The number of carbonyl (C=O) groups excluding carboxylic acids is 2. The number of carbonyl (C=O) groups is 2. The van der Waals surface area contributed by atoms with Crippen molar-refractivity contribution >= 4 is 23.5 Å². The van der Waals surface area contributed by atoms with Gasteiger partial charge in [-0.25, -0.2) is 14.8 Å². The monoisotopic (exact) mass is 565 g/mol. The fourth-order valence-electron chi connectivity index (χ4n) is 5.66. The molecule has 41 heavy (non-hydrogen) atoms. The Labute approximate surface area is 242 Å². The molecular weight excluding hydrogens is 522 g/mol. The molecule has 1 aromatic heterocycles. The van der Waals surface area contributed by atoms with Gasteiger partial charge in [0.05, 0.1) is 37.7 Å². The number of guanidine groups is 1. The molecule has 1 aromatic carbocycles. The van der Waals surface area contributed by atoms with Crippen LogP contribution in [-0.4, -0.2) is 63.6 Å². The highest BCUT2D eigenvalue weighted by Gasteiger charge is 2.51. The van der Waals surface area contributed by atoms with E-state index in [1.165, 1.54) is 7.11 Å². The summed E-state index contributed by atoms with van der Waals surface area (Å²) in [5, 5.41) is 0. The third-order valence-electron chi connectivity index (χ3n) is 7.54. The molecule has 1 saturated carbocycles. The smallest absolute Gasteiger partial charge is 0.331 e. The number of amides is 1. The average Bonchev–Trinajstić information content (AvgIpc) is 2.95. The summed E-state index contributed by atoms with van der Waals surface area (Å²) in [6.45, 7) is 8.11. The normalized spacial score (nSPS) is 17.2. The van der Waals surface area contributed by atoms with Crippen molar-refractivity contribution in [2.24, 2.45) is 10.7 Å². The minimum Gasteiger partial charge on any atom is -0.467 e. The van der Waals surface area contributed by atoms with E-state index in [-0.39, 0.29) is 24.9 Å². The van der Waals surface area contributed by atoms with Crippen LogP contribution < -0.4 is 10.5 Å². The van der Waals surface area contributed by atoms with E-state index in [0.29, 0.717) is 43.1 Å². The Balaban J connectivity index is 1.76. The molecule has 2 aromatic rings. The SMILES string of the molecule is CCCC(=O)N(C(COC(C)(C)C)C(=O)OC)C1(N2Cc3cc(Oc4ccccc4)ncc3N=C2N)CCCCC1. The molecule has 10 heteroatoms. The molecule has 2 aliphatic rings. The number of benzene rings is 1. The summed E-state index contributed by atoms with van der Waals surface area (Å²) in [5.74, 6) is 0.749. The number of methoxy groups -OCH3 is 1. The molecule has 2 heterocycles. The van der Waals surface area contributed by atoms with Gasteiger partial charge >= 0.3 is 5.97 Å². The standard InChI is InChI=1S/C31H43N5O5/c1-6-13-27(37)36(25(28(38)39-5)21-40-30(2,3)4)31(16-11-8-12-17-31)35-20-22-18-26(33-19-24(22)34-29(35)32)41-23-14-9-7-10-15-23/h7,9-10,14-15,18-19,25H,6,8,11-13,16-17,20-21H2,1-5H3,(H2,32,34). The Kier molecular flexibility index (Phi) is 9.53. The molecule has 1 unspecified atom stereocenters. The van der Waals surface area contributed by atoms with Gasteiger partial charge in [-0.15, -0.1) is 0 Å². The Morgan fingerprint density at radius 3 is 2.49 bits per heavy atom. The first-order chi connectivity index (χ1) is 19.6. The van der Waals surface area contributed by atoms with Gasteiger partial charge < -0.3 is 29.7 Å². The molecular formula is C31H43N5O5. The Morgan fingerprint density at radius 2 is 1.85 bits per heavy atom. The van der Waals surface area contributed by atoms with E-state index in [2.05, 4.69) is 4.98 Å². The fourth-order valence-corrected chi connectivity index (χ4v) is 5.66. The van der Waals surface area contributed by atoms with Crippen LogP contribution in [-0.2, 0) is 25.6 Å². The lowest BCUT2D eigenvalue weighted by Gasteiger charge is -2.55. The maximum atomic E-state index is 14.0. The molecule has 1 fully saturated rings. The van der Waals surface area contributed by atoms with Crippen LogP contribution in [0.5, 0.6) is 11.6 Å². The topological polar surface area (TPSA) is 120 Å². The van der Waals surface area contributed by atoms with Crippen molar-refractivity contribution in [3.05, 3.63) is 48.2 Å². The first kappa shape index (κ1) is 30.3. The van der Waals surface area contributed by atoms with Crippen molar-refractivity contribution in [1.82, 2.24) is 14.8 Å². The van der Waals surface area contributed by atoms with Crippen molar-refractivity contribution in [3.63, 3.8) is 0 Å². The Bertz CT molecular complexity index is 1240. The third kappa shape index (κ3) is 6.98. The minimum atomic E-state index is -0.944. The van der Waals surface area contributed by atoms with E-state index < -0.39 is 23.3 Å². The number of hydrogen-bond acceptors (Lipinski definition) is 9. The zero-order chi connectivity index (χ0) is 29.6. The highest BCUT2D eigenvalue weighted by Crippen LogP contribution is 2.42. The van der Waals surface area contributed by atoms with Gasteiger partial charge in [0.1, 0.15) is 11.4 Å². The molecule has 1 amide bonds. The summed E-state index contributed by atoms with van der Waals surface area (Å²) >= 11 is 0. The van der Waals surface area contributed by atoms with Gasteiger partial charge in [0.25, 0.3) is 0 Å². The number of pyridine rings is 1. The highest BCUT2D eigenvalue weighted by atomic mass is 16.5. The van der Waals surface area contributed by atoms with Gasteiger partial charge in [-0.1, -0.05) is 31.5 Å². The summed E-state index contributed by atoms with van der Waals surface area (Å²) in [5.41, 5.74) is 6.78. The van der Waals surface area contributed by atoms with Gasteiger partial charge in [0, 0.05) is 18.1 Å². The van der Waals surface area contributed by atoms with E-state index in [9.17, 15) is 9.59 Å². The molecule has 1 aliphatic carbocycles. The van der Waals surface area contributed by atoms with Gasteiger partial charge in [0.2, 0.25) is 11.8 Å². The lowest BCUT2D eigenvalue weighted by molar-refractivity contribution is -0.176. The predicted molar refractivity (Wildman–Crippen MR) is 157 cm³/mol. The zero-order valence-electron chi connectivity index (χ0n) is 24.9. The van der Waals surface area contributed by atoms with Gasteiger partial charge in [-0.05, 0) is 65.0 Å². The minimum absolute atomic E-state index is 0.00777. The van der Waals surface area contributed by atoms with Gasteiger partial charge in [-0.2, -0.15) is 0 Å². The molecule has 0 spiro atoms. The van der Waals surface area contributed by atoms with E-state index in [1.807, 2.05) is 69.0 Å². The fraction of sp³-hybridized carbons (Fsp3) is 0.548. The lowest BCUT2D eigenvalue weighted by Crippen LogP contribution is -2.70. The van der Waals surface area contributed by atoms with E-state index in [0.717, 1.165) is 24.8 Å². The number of ether oxygens (including phenoxy) is 3. The summed E-state index contributed by atoms with van der Waals surface area (Å²) in [6.07, 6.45) is 6.62. The third-order valence-corrected chi connectivity index (χ3v) is 7.54. The van der Waals surface area contributed by atoms with Crippen molar-refractivity contribution in [2.75, 3.05) is 13.7 Å². The van der Waals surface area contributed by atoms with Crippen LogP contribution in [0.4, 0.5) is 5.69 Å². The van der Waals surface area contributed by atoms with Crippen molar-refractivity contribution in [1.29, 1.82) is 0 Å². The maximum Gasteiger partial charge on any atom is 0.331 e. The zero-order valence-corrected chi connectivity index (χ0v) is 24.9. The molecule has 0 bridgehead atoms. The number of nitrogens with two attached hydrogens (primary N) is 1. The number of esters is 1. The molecule has 4 rings (SSSR count). The van der Waals surface area contributed by atoms with Crippen LogP contribution >= 0.6 is 0 Å². The van der Waals surface area contributed by atoms with Crippen LogP contribution in [0.3, 0.4) is 0 Å². The number of aliphatic imine (C=N–C) groups is 1. The van der Waals surface area contributed by atoms with Crippen LogP contribution in [0.2, 0.25) is 0 Å². The summed E-state index contributed by atoms with van der Waals surface area (Å²) in [4.78, 5) is 40.2. The van der Waals surface area contributed by atoms with Crippen molar-refractivity contribution in [2.45, 2.75) is 96.5 Å². The second-order valence-electron chi connectivity index (χ2n) is 11.6. The number of nitrogens with zero attached hydrogens (tertiary/aromatic N) is 4. The van der Waals surface area contributed by atoms with E-state index in [4.69, 9.17) is 24.9 Å². The number of hydrogen-bond donors (Lipinski definition) is 1. The van der Waals surface area contributed by atoms with Crippen LogP contribution in [0, 0.1) is 0 Å². The number of para-hydroxylation sites is 1. The first-order valence-corrected chi connectivity index (χ1v) is 14.5. The van der Waals surface area contributed by atoms with Crippen molar-refractivity contribution < 1.29 is 23.8 Å². The number of rotatable bonds is 10. The van der Waals surface area contributed by atoms with Crippen molar-refractivity contribution in [3.8, 4) is 11.6 Å². The highest BCUT2D eigenvalue weighted by molar-refractivity contribution is 5.88. The van der Waals surface area contributed by atoms with E-state index >= 15 is 0 Å². The summed E-state index contributed by atoms with van der Waals surface area (Å²) in [6, 6.07) is 10.4. The number of fused-ring (bicyclic) bond motifs is 1. The molecule has 1 aliphatic heterocycles. The van der Waals surface area contributed by atoms with Gasteiger partial charge in [-0.3, -0.25) is 4.79 Å².